The first-order valence-corrected chi connectivity index (χ1v) is 9.82. The fourth-order valence-electron chi connectivity index (χ4n) is 2.67. The second-order valence-electron chi connectivity index (χ2n) is 7.32. The van der Waals surface area contributed by atoms with E-state index in [2.05, 4.69) is 16.0 Å². The van der Waals surface area contributed by atoms with Crippen molar-refractivity contribution in [2.24, 2.45) is 11.5 Å². The summed E-state index contributed by atoms with van der Waals surface area (Å²) in [4.78, 5) is 59.6. The summed E-state index contributed by atoms with van der Waals surface area (Å²) in [7, 11) is 0. The van der Waals surface area contributed by atoms with Crippen molar-refractivity contribution in [1.82, 2.24) is 16.0 Å². The highest BCUT2D eigenvalue weighted by molar-refractivity contribution is 5.95. The molecule has 0 spiro atoms. The molecular formula is C20H29N5O7. The standard InChI is InChI=1S/C20H29N5O7/c1-10(20(31)32)23-18(29)14(8-12-6-4-3-5-7-12)24-19(30)16(11(2)26)25-17(28)13(21)9-15(22)27/h3-7,10-11,13-14,16,26H,8-9,21H2,1-2H3,(H2,22,27)(H,23,29)(H,24,30)(H,25,28)(H,31,32). The summed E-state index contributed by atoms with van der Waals surface area (Å²) in [5.74, 6) is -4.65. The first-order chi connectivity index (χ1) is 14.9. The summed E-state index contributed by atoms with van der Waals surface area (Å²) >= 11 is 0. The van der Waals surface area contributed by atoms with E-state index < -0.39 is 66.3 Å². The van der Waals surface area contributed by atoms with Gasteiger partial charge in [0, 0.05) is 6.42 Å². The van der Waals surface area contributed by atoms with Crippen LogP contribution in [0.25, 0.3) is 0 Å². The molecule has 32 heavy (non-hydrogen) atoms. The van der Waals surface area contributed by atoms with Gasteiger partial charge >= 0.3 is 5.97 Å². The van der Waals surface area contributed by atoms with Crippen molar-refractivity contribution in [3.8, 4) is 0 Å². The number of aliphatic carboxylic acids is 1. The van der Waals surface area contributed by atoms with Crippen LogP contribution in [0, 0.1) is 0 Å². The minimum absolute atomic E-state index is 0.0203. The van der Waals surface area contributed by atoms with E-state index in [-0.39, 0.29) is 6.42 Å². The van der Waals surface area contributed by atoms with Crippen molar-refractivity contribution in [2.45, 2.75) is 57.0 Å². The average molecular weight is 451 g/mol. The van der Waals surface area contributed by atoms with E-state index in [9.17, 15) is 29.1 Å². The molecule has 12 nitrogen and oxygen atoms in total. The molecule has 12 heteroatoms. The lowest BCUT2D eigenvalue weighted by Crippen LogP contribution is -2.60. The van der Waals surface area contributed by atoms with Crippen molar-refractivity contribution in [1.29, 1.82) is 0 Å². The van der Waals surface area contributed by atoms with Crippen LogP contribution in [-0.4, -0.2) is 70.1 Å². The molecule has 5 unspecified atom stereocenters. The quantitative estimate of drug-likeness (QED) is 0.178. The lowest BCUT2D eigenvalue weighted by molar-refractivity contribution is -0.142. The van der Waals surface area contributed by atoms with Gasteiger partial charge in [0.05, 0.1) is 18.6 Å². The number of rotatable bonds is 12. The molecule has 0 aliphatic rings. The van der Waals surface area contributed by atoms with Crippen molar-refractivity contribution in [2.75, 3.05) is 0 Å². The van der Waals surface area contributed by atoms with Crippen molar-refractivity contribution < 1.29 is 34.2 Å². The zero-order chi connectivity index (χ0) is 24.4. The number of hydrogen-bond donors (Lipinski definition) is 7. The van der Waals surface area contributed by atoms with Crippen LogP contribution in [0.3, 0.4) is 0 Å². The Morgan fingerprint density at radius 1 is 0.938 bits per heavy atom. The first-order valence-electron chi connectivity index (χ1n) is 9.82. The number of carbonyl (C=O) groups is 5. The van der Waals surface area contributed by atoms with Crippen LogP contribution in [0.1, 0.15) is 25.8 Å². The molecule has 0 aliphatic carbocycles. The van der Waals surface area contributed by atoms with E-state index in [4.69, 9.17) is 16.6 Å². The van der Waals surface area contributed by atoms with Gasteiger partial charge in [-0.1, -0.05) is 30.3 Å². The summed E-state index contributed by atoms with van der Waals surface area (Å²) in [5, 5.41) is 25.9. The Morgan fingerprint density at radius 2 is 1.53 bits per heavy atom. The number of carbonyl (C=O) groups excluding carboxylic acids is 4. The molecule has 0 radical (unpaired) electrons. The van der Waals surface area contributed by atoms with Gasteiger partial charge in [-0.05, 0) is 19.4 Å². The molecule has 176 valence electrons. The second-order valence-corrected chi connectivity index (χ2v) is 7.32. The van der Waals surface area contributed by atoms with E-state index >= 15 is 0 Å². The van der Waals surface area contributed by atoms with E-state index in [0.717, 1.165) is 0 Å². The Morgan fingerprint density at radius 3 is 2.03 bits per heavy atom. The highest BCUT2D eigenvalue weighted by atomic mass is 16.4. The van der Waals surface area contributed by atoms with Gasteiger partial charge in [-0.25, -0.2) is 0 Å². The number of aliphatic hydroxyl groups excluding tert-OH is 1. The maximum Gasteiger partial charge on any atom is 0.325 e. The van der Waals surface area contributed by atoms with Gasteiger partial charge in [-0.2, -0.15) is 0 Å². The number of nitrogens with one attached hydrogen (secondary N) is 3. The SMILES string of the molecule is CC(NC(=O)C(Cc1ccccc1)NC(=O)C(NC(=O)C(N)CC(N)=O)C(C)O)C(=O)O. The van der Waals surface area contributed by atoms with Crippen LogP contribution in [0.15, 0.2) is 30.3 Å². The third-order valence-electron chi connectivity index (χ3n) is 4.47. The highest BCUT2D eigenvalue weighted by Crippen LogP contribution is 2.06. The van der Waals surface area contributed by atoms with Crippen molar-refractivity contribution in [3.63, 3.8) is 0 Å². The zero-order valence-electron chi connectivity index (χ0n) is 17.8. The minimum atomic E-state index is -1.50. The fraction of sp³-hybridized carbons (Fsp3) is 0.450. The predicted molar refractivity (Wildman–Crippen MR) is 113 cm³/mol. The van der Waals surface area contributed by atoms with E-state index in [0.29, 0.717) is 5.56 Å². The Bertz CT molecular complexity index is 831. The molecule has 0 heterocycles. The number of hydrogen-bond acceptors (Lipinski definition) is 7. The smallest absolute Gasteiger partial charge is 0.325 e. The van der Waals surface area contributed by atoms with Crippen LogP contribution in [-0.2, 0) is 30.4 Å². The molecule has 0 aromatic heterocycles. The van der Waals surface area contributed by atoms with Gasteiger partial charge in [0.15, 0.2) is 0 Å². The highest BCUT2D eigenvalue weighted by Gasteiger charge is 2.32. The summed E-state index contributed by atoms with van der Waals surface area (Å²) < 4.78 is 0. The molecule has 0 aliphatic heterocycles. The Hall–Kier alpha value is -3.51. The summed E-state index contributed by atoms with van der Waals surface area (Å²) in [6.07, 6.45) is -1.82. The number of nitrogens with two attached hydrogens (primary N) is 2. The Balaban J connectivity index is 3.01. The number of carboxylic acids is 1. The zero-order valence-corrected chi connectivity index (χ0v) is 17.8. The van der Waals surface area contributed by atoms with Crippen molar-refractivity contribution in [3.05, 3.63) is 35.9 Å². The number of benzene rings is 1. The van der Waals surface area contributed by atoms with Gasteiger partial charge < -0.3 is 37.6 Å². The van der Waals surface area contributed by atoms with Crippen LogP contribution in [0.2, 0.25) is 0 Å². The summed E-state index contributed by atoms with van der Waals surface area (Å²) in [6, 6.07) is 3.40. The molecule has 1 rings (SSSR count). The van der Waals surface area contributed by atoms with E-state index in [1.54, 1.807) is 30.3 Å². The molecule has 1 aromatic carbocycles. The lowest BCUT2D eigenvalue weighted by Gasteiger charge is -2.26. The lowest BCUT2D eigenvalue weighted by atomic mass is 10.0. The van der Waals surface area contributed by atoms with Gasteiger partial charge in [-0.3, -0.25) is 24.0 Å². The molecule has 0 saturated heterocycles. The van der Waals surface area contributed by atoms with E-state index in [1.165, 1.54) is 13.8 Å². The topological polar surface area (TPSA) is 214 Å². The van der Waals surface area contributed by atoms with Crippen LogP contribution in [0.5, 0.6) is 0 Å². The number of amides is 4. The minimum Gasteiger partial charge on any atom is -0.480 e. The molecule has 4 amide bonds. The predicted octanol–water partition coefficient (Wildman–Crippen LogP) is -2.63. The first kappa shape index (κ1) is 26.5. The van der Waals surface area contributed by atoms with Crippen LogP contribution >= 0.6 is 0 Å². The molecule has 0 bridgehead atoms. The van der Waals surface area contributed by atoms with Gasteiger partial charge in [0.25, 0.3) is 0 Å². The molecule has 5 atom stereocenters. The molecular weight excluding hydrogens is 422 g/mol. The molecule has 9 N–H and O–H groups in total. The number of carboxylic acid groups (broad SMARTS) is 1. The average Bonchev–Trinajstić information content (AvgIpc) is 2.70. The third-order valence-corrected chi connectivity index (χ3v) is 4.47. The third kappa shape index (κ3) is 8.70. The van der Waals surface area contributed by atoms with Crippen molar-refractivity contribution >= 4 is 29.6 Å². The van der Waals surface area contributed by atoms with E-state index in [1.807, 2.05) is 0 Å². The Kier molecular flexibility index (Phi) is 10.3. The molecule has 0 fully saturated rings. The van der Waals surface area contributed by atoms with Gasteiger partial charge in [0.1, 0.15) is 18.1 Å². The number of primary amides is 1. The van der Waals surface area contributed by atoms with Crippen LogP contribution in [0.4, 0.5) is 0 Å². The van der Waals surface area contributed by atoms with Gasteiger partial charge in [0.2, 0.25) is 23.6 Å². The molecule has 0 saturated carbocycles. The fourth-order valence-corrected chi connectivity index (χ4v) is 2.67. The Labute approximate surface area is 184 Å². The van der Waals surface area contributed by atoms with Gasteiger partial charge in [-0.15, -0.1) is 0 Å². The summed E-state index contributed by atoms with van der Waals surface area (Å²) in [6.45, 7) is 2.50. The maximum atomic E-state index is 12.8. The second kappa shape index (κ2) is 12.4. The van der Waals surface area contributed by atoms with Crippen LogP contribution < -0.4 is 27.4 Å². The molecule has 1 aromatic rings. The monoisotopic (exact) mass is 451 g/mol. The summed E-state index contributed by atoms with van der Waals surface area (Å²) in [5.41, 5.74) is 11.2. The maximum absolute atomic E-state index is 12.8. The number of aliphatic hydroxyl groups is 1. The largest absolute Gasteiger partial charge is 0.480 e. The normalized spacial score (nSPS) is 15.4.